The van der Waals surface area contributed by atoms with E-state index in [0.29, 0.717) is 35.2 Å². The summed E-state index contributed by atoms with van der Waals surface area (Å²) < 4.78 is 16.2. The van der Waals surface area contributed by atoms with Gasteiger partial charge in [-0.15, -0.1) is 0 Å². The van der Waals surface area contributed by atoms with Gasteiger partial charge in [0.25, 0.3) is 5.91 Å². The van der Waals surface area contributed by atoms with Gasteiger partial charge in [0, 0.05) is 24.9 Å². The highest BCUT2D eigenvalue weighted by Gasteiger charge is 2.35. The molecule has 0 N–H and O–H groups in total. The van der Waals surface area contributed by atoms with Crippen molar-refractivity contribution in [1.82, 2.24) is 20.0 Å². The highest BCUT2D eigenvalue weighted by molar-refractivity contribution is 5.97. The Labute approximate surface area is 174 Å². The minimum absolute atomic E-state index is 0.104. The minimum Gasteiger partial charge on any atom is -0.497 e. The summed E-state index contributed by atoms with van der Waals surface area (Å²) in [6.45, 7) is 4.34. The second-order valence-electron chi connectivity index (χ2n) is 7.27. The number of methoxy groups -OCH3 is 2. The van der Waals surface area contributed by atoms with Crippen LogP contribution in [0.2, 0.25) is 0 Å². The fraction of sp³-hybridized carbons (Fsp3) is 0.364. The summed E-state index contributed by atoms with van der Waals surface area (Å²) in [5.41, 5.74) is 2.80. The fourth-order valence-electron chi connectivity index (χ4n) is 3.85. The van der Waals surface area contributed by atoms with Crippen LogP contribution in [-0.4, -0.2) is 46.7 Å². The highest BCUT2D eigenvalue weighted by atomic mass is 16.5. The second-order valence-corrected chi connectivity index (χ2v) is 7.27. The highest BCUT2D eigenvalue weighted by Crippen LogP contribution is 2.38. The van der Waals surface area contributed by atoms with E-state index >= 15 is 0 Å². The number of carbonyl (C=O) groups excluding carboxylic acids is 1. The topological polar surface area (TPSA) is 90.6 Å². The third kappa shape index (κ3) is 3.60. The van der Waals surface area contributed by atoms with Crippen LogP contribution in [0.25, 0.3) is 11.3 Å². The predicted molar refractivity (Wildman–Crippen MR) is 110 cm³/mol. The van der Waals surface area contributed by atoms with Crippen molar-refractivity contribution in [3.05, 3.63) is 53.2 Å². The fourth-order valence-corrected chi connectivity index (χ4v) is 3.85. The zero-order chi connectivity index (χ0) is 21.3. The Bertz CT molecular complexity index is 1080. The Hall–Kier alpha value is -3.42. The van der Waals surface area contributed by atoms with E-state index in [4.69, 9.17) is 19.0 Å². The molecule has 1 unspecified atom stereocenters. The smallest absolute Gasteiger partial charge is 0.258 e. The Morgan fingerprint density at radius 2 is 2.03 bits per heavy atom. The van der Waals surface area contributed by atoms with Gasteiger partial charge >= 0.3 is 0 Å². The van der Waals surface area contributed by atoms with Gasteiger partial charge in [-0.25, -0.2) is 9.97 Å². The zero-order valence-corrected chi connectivity index (χ0v) is 17.5. The SMILES string of the molecule is COc1ccc(C(=O)N2CCCC2c2nc(C)ncc2-c2cc(C)no2)c(OC)c1. The molecule has 1 saturated heterocycles. The molecule has 1 atom stereocenters. The molecule has 8 heteroatoms. The van der Waals surface area contributed by atoms with E-state index in [9.17, 15) is 4.79 Å². The number of rotatable bonds is 5. The Morgan fingerprint density at radius 3 is 2.73 bits per heavy atom. The second kappa shape index (κ2) is 8.14. The predicted octanol–water partition coefficient (Wildman–Crippen LogP) is 3.74. The number of ether oxygens (including phenoxy) is 2. The summed E-state index contributed by atoms with van der Waals surface area (Å²) >= 11 is 0. The number of hydrogen-bond donors (Lipinski definition) is 0. The van der Waals surface area contributed by atoms with Crippen molar-refractivity contribution in [2.24, 2.45) is 0 Å². The average molecular weight is 408 g/mol. The summed E-state index contributed by atoms with van der Waals surface area (Å²) in [6, 6.07) is 6.88. The molecule has 0 spiro atoms. The van der Waals surface area contributed by atoms with Crippen LogP contribution in [0.4, 0.5) is 0 Å². The average Bonchev–Trinajstić information content (AvgIpc) is 3.41. The molecule has 30 heavy (non-hydrogen) atoms. The number of hydrogen-bond acceptors (Lipinski definition) is 7. The van der Waals surface area contributed by atoms with E-state index in [1.165, 1.54) is 0 Å². The van der Waals surface area contributed by atoms with Crippen LogP contribution in [0.3, 0.4) is 0 Å². The first-order valence-electron chi connectivity index (χ1n) is 9.82. The van der Waals surface area contributed by atoms with Gasteiger partial charge in [0.1, 0.15) is 17.3 Å². The molecule has 1 amide bonds. The van der Waals surface area contributed by atoms with Gasteiger partial charge in [-0.2, -0.15) is 0 Å². The normalized spacial score (nSPS) is 16.0. The van der Waals surface area contributed by atoms with Crippen molar-refractivity contribution >= 4 is 5.91 Å². The van der Waals surface area contributed by atoms with E-state index in [1.807, 2.05) is 24.8 Å². The molecule has 8 nitrogen and oxygen atoms in total. The molecule has 156 valence electrons. The monoisotopic (exact) mass is 408 g/mol. The molecule has 1 aromatic carbocycles. The summed E-state index contributed by atoms with van der Waals surface area (Å²) in [6.07, 6.45) is 3.43. The molecule has 2 aromatic heterocycles. The molecule has 4 rings (SSSR count). The van der Waals surface area contributed by atoms with Gasteiger partial charge in [-0.1, -0.05) is 5.16 Å². The van der Waals surface area contributed by atoms with Gasteiger partial charge in [0.2, 0.25) is 0 Å². The van der Waals surface area contributed by atoms with Gasteiger partial charge in [0.05, 0.1) is 42.8 Å². The molecule has 1 fully saturated rings. The van der Waals surface area contributed by atoms with Gasteiger partial charge < -0.3 is 18.9 Å². The number of benzene rings is 1. The number of likely N-dealkylation sites (tertiary alicyclic amines) is 1. The summed E-state index contributed by atoms with van der Waals surface area (Å²) in [7, 11) is 3.13. The Balaban J connectivity index is 1.73. The minimum atomic E-state index is -0.189. The third-order valence-electron chi connectivity index (χ3n) is 5.30. The van der Waals surface area contributed by atoms with Gasteiger partial charge in [-0.3, -0.25) is 4.79 Å². The lowest BCUT2D eigenvalue weighted by Gasteiger charge is -2.26. The first kappa shape index (κ1) is 19.9. The van der Waals surface area contributed by atoms with Crippen molar-refractivity contribution in [3.8, 4) is 22.8 Å². The lowest BCUT2D eigenvalue weighted by molar-refractivity contribution is 0.0729. The van der Waals surface area contributed by atoms with E-state index in [1.54, 1.807) is 38.6 Å². The summed E-state index contributed by atoms with van der Waals surface area (Å²) in [5, 5.41) is 3.98. The molecule has 0 saturated carbocycles. The maximum absolute atomic E-state index is 13.5. The number of amides is 1. The molecule has 1 aliphatic rings. The molecular weight excluding hydrogens is 384 g/mol. The van der Waals surface area contributed by atoms with E-state index in [0.717, 1.165) is 29.8 Å². The third-order valence-corrected chi connectivity index (χ3v) is 5.30. The van der Waals surface area contributed by atoms with Crippen LogP contribution in [-0.2, 0) is 0 Å². The molecule has 3 heterocycles. The molecule has 0 aliphatic carbocycles. The Kier molecular flexibility index (Phi) is 5.39. The first-order chi connectivity index (χ1) is 14.5. The zero-order valence-electron chi connectivity index (χ0n) is 17.5. The lowest BCUT2D eigenvalue weighted by atomic mass is 10.0. The lowest BCUT2D eigenvalue weighted by Crippen LogP contribution is -2.31. The summed E-state index contributed by atoms with van der Waals surface area (Å²) in [5.74, 6) is 2.26. The van der Waals surface area contributed by atoms with Gasteiger partial charge in [-0.05, 0) is 38.8 Å². The van der Waals surface area contributed by atoms with E-state index in [-0.39, 0.29) is 11.9 Å². The van der Waals surface area contributed by atoms with E-state index < -0.39 is 0 Å². The standard InChI is InChI=1S/C22H24N4O4/c1-13-10-20(30-25-13)17-12-23-14(2)24-21(17)18-6-5-9-26(18)22(27)16-8-7-15(28-3)11-19(16)29-4/h7-8,10-12,18H,5-6,9H2,1-4H3. The van der Waals surface area contributed by atoms with Crippen LogP contribution in [0, 0.1) is 13.8 Å². The van der Waals surface area contributed by atoms with Crippen molar-refractivity contribution in [1.29, 1.82) is 0 Å². The molecule has 0 radical (unpaired) electrons. The largest absolute Gasteiger partial charge is 0.497 e. The molecule has 0 bridgehead atoms. The first-order valence-corrected chi connectivity index (χ1v) is 9.82. The van der Waals surface area contributed by atoms with Crippen molar-refractivity contribution in [2.45, 2.75) is 32.7 Å². The number of aromatic nitrogens is 3. The van der Waals surface area contributed by atoms with Crippen LogP contribution in [0.15, 0.2) is 35.0 Å². The quantitative estimate of drug-likeness (QED) is 0.635. The maximum Gasteiger partial charge on any atom is 0.258 e. The molecule has 3 aromatic rings. The molecular formula is C22H24N4O4. The van der Waals surface area contributed by atoms with E-state index in [2.05, 4.69) is 10.1 Å². The van der Waals surface area contributed by atoms with Crippen LogP contribution in [0.5, 0.6) is 11.5 Å². The Morgan fingerprint density at radius 1 is 1.20 bits per heavy atom. The van der Waals surface area contributed by atoms with Crippen molar-refractivity contribution in [3.63, 3.8) is 0 Å². The summed E-state index contributed by atoms with van der Waals surface area (Å²) in [4.78, 5) is 24.3. The maximum atomic E-state index is 13.5. The molecule has 1 aliphatic heterocycles. The van der Waals surface area contributed by atoms with Crippen molar-refractivity contribution < 1.29 is 18.8 Å². The number of nitrogens with zero attached hydrogens (tertiary/aromatic N) is 4. The van der Waals surface area contributed by atoms with Gasteiger partial charge in [0.15, 0.2) is 5.76 Å². The van der Waals surface area contributed by atoms with Crippen LogP contribution >= 0.6 is 0 Å². The van der Waals surface area contributed by atoms with Crippen LogP contribution in [0.1, 0.15) is 46.5 Å². The van der Waals surface area contributed by atoms with Crippen molar-refractivity contribution in [2.75, 3.05) is 20.8 Å². The number of carbonyl (C=O) groups is 1. The number of aryl methyl sites for hydroxylation is 2. The van der Waals surface area contributed by atoms with Crippen LogP contribution < -0.4 is 9.47 Å².